The van der Waals surface area contributed by atoms with Crippen LogP contribution in [0, 0.1) is 0 Å². The quantitative estimate of drug-likeness (QED) is 0.466. The summed E-state index contributed by atoms with van der Waals surface area (Å²) in [6.07, 6.45) is 7.62. The molecule has 0 saturated heterocycles. The third-order valence-electron chi connectivity index (χ3n) is 4.29. The summed E-state index contributed by atoms with van der Waals surface area (Å²) in [7, 11) is 1.90. The van der Waals surface area contributed by atoms with Crippen molar-refractivity contribution in [3.63, 3.8) is 0 Å². The Kier molecular flexibility index (Phi) is 6.17. The Morgan fingerprint density at radius 3 is 2.57 bits per heavy atom. The predicted octanol–water partition coefficient (Wildman–Crippen LogP) is 4.14. The van der Waals surface area contributed by atoms with Crippen molar-refractivity contribution in [3.8, 4) is 5.75 Å². The van der Waals surface area contributed by atoms with Gasteiger partial charge in [0.1, 0.15) is 12.4 Å². The Bertz CT molecular complexity index is 927. The number of nitrogens with two attached hydrogens (primary N) is 1. The van der Waals surface area contributed by atoms with E-state index in [-0.39, 0.29) is 5.97 Å². The highest BCUT2D eigenvalue weighted by Crippen LogP contribution is 2.27. The number of anilines is 1. The minimum Gasteiger partial charge on any atom is -0.489 e. The molecule has 0 fully saturated rings. The third-order valence-corrected chi connectivity index (χ3v) is 4.29. The van der Waals surface area contributed by atoms with E-state index < -0.39 is 0 Å². The molecule has 2 N–H and O–H groups in total. The number of benzene rings is 2. The number of ether oxygens (including phenoxy) is 2. The van der Waals surface area contributed by atoms with Crippen LogP contribution >= 0.6 is 0 Å². The van der Waals surface area contributed by atoms with Crippen LogP contribution in [0.25, 0.3) is 5.57 Å². The SMILES string of the molecule is CCOC(=O)/C(=C1\C=CC=CN1C)c1ccc(OCc2cccc(N)c2)cc1. The maximum atomic E-state index is 12.6. The zero-order valence-electron chi connectivity index (χ0n) is 16.1. The van der Waals surface area contributed by atoms with Gasteiger partial charge in [-0.1, -0.05) is 30.3 Å². The fourth-order valence-electron chi connectivity index (χ4n) is 2.92. The summed E-state index contributed by atoms with van der Waals surface area (Å²) in [6.45, 7) is 2.54. The molecule has 1 heterocycles. The van der Waals surface area contributed by atoms with Gasteiger partial charge in [0.15, 0.2) is 0 Å². The molecule has 0 saturated carbocycles. The molecule has 144 valence electrons. The highest BCUT2D eigenvalue weighted by Gasteiger charge is 2.20. The molecule has 3 rings (SSSR count). The number of nitrogens with zero attached hydrogens (tertiary/aromatic N) is 1. The number of rotatable bonds is 6. The highest BCUT2D eigenvalue weighted by molar-refractivity contribution is 6.18. The first-order valence-electron chi connectivity index (χ1n) is 9.15. The van der Waals surface area contributed by atoms with E-state index in [0.717, 1.165) is 16.8 Å². The molecule has 2 aromatic carbocycles. The minimum absolute atomic E-state index is 0.320. The highest BCUT2D eigenvalue weighted by atomic mass is 16.5. The second-order valence-corrected chi connectivity index (χ2v) is 6.35. The topological polar surface area (TPSA) is 64.8 Å². The van der Waals surface area contributed by atoms with Crippen molar-refractivity contribution in [1.29, 1.82) is 0 Å². The summed E-state index contributed by atoms with van der Waals surface area (Å²) in [5, 5.41) is 0. The van der Waals surface area contributed by atoms with Crippen LogP contribution < -0.4 is 10.5 Å². The molecule has 2 aromatic rings. The molecule has 0 bridgehead atoms. The number of hydrogen-bond donors (Lipinski definition) is 1. The number of nitrogen functional groups attached to an aromatic ring is 1. The van der Waals surface area contributed by atoms with Crippen LogP contribution in [0.5, 0.6) is 5.75 Å². The lowest BCUT2D eigenvalue weighted by Crippen LogP contribution is -2.18. The van der Waals surface area contributed by atoms with Crippen molar-refractivity contribution in [2.24, 2.45) is 0 Å². The molecule has 1 aliphatic rings. The normalized spacial score (nSPS) is 14.7. The largest absolute Gasteiger partial charge is 0.489 e. The zero-order chi connectivity index (χ0) is 19.9. The van der Waals surface area contributed by atoms with Crippen LogP contribution in [-0.4, -0.2) is 24.5 Å². The number of allylic oxidation sites excluding steroid dienone is 3. The number of hydrogen-bond acceptors (Lipinski definition) is 5. The smallest absolute Gasteiger partial charge is 0.340 e. The van der Waals surface area contributed by atoms with Crippen LogP contribution in [0.1, 0.15) is 18.1 Å². The van der Waals surface area contributed by atoms with Gasteiger partial charge in [0.05, 0.1) is 17.9 Å². The van der Waals surface area contributed by atoms with Crippen LogP contribution in [0.2, 0.25) is 0 Å². The molecule has 0 spiro atoms. The molecular formula is C23H24N2O3. The van der Waals surface area contributed by atoms with Crippen molar-refractivity contribution >= 4 is 17.2 Å². The first-order chi connectivity index (χ1) is 13.6. The lowest BCUT2D eigenvalue weighted by atomic mass is 10.0. The van der Waals surface area contributed by atoms with Crippen molar-refractivity contribution in [1.82, 2.24) is 4.90 Å². The molecule has 0 aromatic heterocycles. The predicted molar refractivity (Wildman–Crippen MR) is 111 cm³/mol. The van der Waals surface area contributed by atoms with Gasteiger partial charge >= 0.3 is 5.97 Å². The second kappa shape index (κ2) is 8.95. The Hall–Kier alpha value is -3.47. The third kappa shape index (κ3) is 4.62. The van der Waals surface area contributed by atoms with Gasteiger partial charge in [-0.2, -0.15) is 0 Å². The Labute approximate surface area is 165 Å². The molecule has 0 unspecified atom stereocenters. The Balaban J connectivity index is 1.82. The number of carbonyl (C=O) groups is 1. The lowest BCUT2D eigenvalue weighted by molar-refractivity contribution is -0.136. The summed E-state index contributed by atoms with van der Waals surface area (Å²) >= 11 is 0. The number of carbonyl (C=O) groups excluding carboxylic acids is 1. The van der Waals surface area contributed by atoms with Crippen molar-refractivity contribution in [3.05, 3.63) is 89.8 Å². The standard InChI is InChI=1S/C23H24N2O3/c1-3-27-23(26)22(21-9-4-5-14-25(21)2)18-10-12-20(13-11-18)28-16-17-7-6-8-19(24)15-17/h4-15H,3,16,24H2,1-2H3/b22-21+. The number of esters is 1. The van der Waals surface area contributed by atoms with E-state index >= 15 is 0 Å². The summed E-state index contributed by atoms with van der Waals surface area (Å²) in [5.41, 5.74) is 9.59. The van der Waals surface area contributed by atoms with Gasteiger partial charge in [-0.15, -0.1) is 0 Å². The molecule has 28 heavy (non-hydrogen) atoms. The molecular weight excluding hydrogens is 352 g/mol. The second-order valence-electron chi connectivity index (χ2n) is 6.35. The first-order valence-corrected chi connectivity index (χ1v) is 9.15. The van der Waals surface area contributed by atoms with E-state index in [2.05, 4.69) is 0 Å². The van der Waals surface area contributed by atoms with Crippen molar-refractivity contribution in [2.45, 2.75) is 13.5 Å². The summed E-state index contributed by atoms with van der Waals surface area (Å²) in [6, 6.07) is 15.0. The average Bonchev–Trinajstić information content (AvgIpc) is 2.69. The van der Waals surface area contributed by atoms with Gasteiger partial charge < -0.3 is 20.1 Å². The Morgan fingerprint density at radius 1 is 1.11 bits per heavy atom. The molecule has 5 nitrogen and oxygen atoms in total. The molecule has 0 atom stereocenters. The van der Waals surface area contributed by atoms with Gasteiger partial charge in [-0.05, 0) is 54.5 Å². The molecule has 0 amide bonds. The molecule has 5 heteroatoms. The molecule has 0 aliphatic carbocycles. The van der Waals surface area contributed by atoms with Gasteiger partial charge in [-0.3, -0.25) is 0 Å². The monoisotopic (exact) mass is 376 g/mol. The van der Waals surface area contributed by atoms with Gasteiger partial charge in [0.2, 0.25) is 0 Å². The van der Waals surface area contributed by atoms with Gasteiger partial charge in [0, 0.05) is 18.9 Å². The van der Waals surface area contributed by atoms with Crippen LogP contribution in [0.3, 0.4) is 0 Å². The average molecular weight is 376 g/mol. The van der Waals surface area contributed by atoms with E-state index in [0.29, 0.717) is 30.2 Å². The lowest BCUT2D eigenvalue weighted by Gasteiger charge is -2.22. The summed E-state index contributed by atoms with van der Waals surface area (Å²) in [4.78, 5) is 14.5. The zero-order valence-corrected chi connectivity index (χ0v) is 16.1. The fraction of sp³-hybridized carbons (Fsp3) is 0.174. The first kappa shape index (κ1) is 19.3. The van der Waals surface area contributed by atoms with Crippen molar-refractivity contribution < 1.29 is 14.3 Å². The van der Waals surface area contributed by atoms with E-state index in [9.17, 15) is 4.79 Å². The maximum absolute atomic E-state index is 12.6. The van der Waals surface area contributed by atoms with Crippen molar-refractivity contribution in [2.75, 3.05) is 19.4 Å². The molecule has 0 radical (unpaired) electrons. The van der Waals surface area contributed by atoms with Gasteiger partial charge in [0.25, 0.3) is 0 Å². The van der Waals surface area contributed by atoms with E-state index in [4.69, 9.17) is 15.2 Å². The van der Waals surface area contributed by atoms with Crippen LogP contribution in [-0.2, 0) is 16.1 Å². The van der Waals surface area contributed by atoms with E-state index in [1.807, 2.05) is 84.9 Å². The van der Waals surface area contributed by atoms with Crippen LogP contribution in [0.15, 0.2) is 78.7 Å². The van der Waals surface area contributed by atoms with Gasteiger partial charge in [-0.25, -0.2) is 4.79 Å². The van der Waals surface area contributed by atoms with Crippen LogP contribution in [0.4, 0.5) is 5.69 Å². The maximum Gasteiger partial charge on any atom is 0.340 e. The summed E-state index contributed by atoms with van der Waals surface area (Å²) in [5.74, 6) is 0.365. The minimum atomic E-state index is -0.349. The fourth-order valence-corrected chi connectivity index (χ4v) is 2.92. The molecule has 1 aliphatic heterocycles. The number of likely N-dealkylation sites (N-methyl/N-ethyl adjacent to an activating group) is 1. The Morgan fingerprint density at radius 2 is 1.89 bits per heavy atom. The van der Waals surface area contributed by atoms with E-state index in [1.54, 1.807) is 6.92 Å². The van der Waals surface area contributed by atoms with E-state index in [1.165, 1.54) is 0 Å². The summed E-state index contributed by atoms with van der Waals surface area (Å²) < 4.78 is 11.1.